The molecule has 7 heteroatoms. The fraction of sp³-hybridized carbons (Fsp3) is 0.308. The van der Waals surface area contributed by atoms with Gasteiger partial charge in [0.15, 0.2) is 23.1 Å². The Balaban J connectivity index is 2.39. The van der Waals surface area contributed by atoms with Gasteiger partial charge in [-0.2, -0.15) is 5.10 Å². The van der Waals surface area contributed by atoms with Crippen LogP contribution in [0.15, 0.2) is 17.2 Å². The third-order valence-corrected chi connectivity index (χ3v) is 2.78. The van der Waals surface area contributed by atoms with Crippen LogP contribution in [0.25, 0.3) is 0 Å². The number of nitrogens with zero attached hydrogens (tertiary/aromatic N) is 4. The Bertz CT molecular complexity index is 605. The minimum absolute atomic E-state index is 0.0381. The molecule has 0 aliphatic heterocycles. The van der Waals surface area contributed by atoms with E-state index in [0.717, 1.165) is 5.56 Å². The molecule has 0 fully saturated rings. The van der Waals surface area contributed by atoms with Gasteiger partial charge in [-0.1, -0.05) is 0 Å². The smallest absolute Gasteiger partial charge is 0.200 e. The van der Waals surface area contributed by atoms with Crippen molar-refractivity contribution >= 4 is 6.21 Å². The number of rotatable bonds is 4. The Morgan fingerprint density at radius 3 is 2.05 bits per heavy atom. The number of benzene rings is 1. The van der Waals surface area contributed by atoms with Crippen molar-refractivity contribution in [2.75, 3.05) is 14.2 Å². The van der Waals surface area contributed by atoms with Gasteiger partial charge in [0.05, 0.1) is 20.4 Å². The fourth-order valence-electron chi connectivity index (χ4n) is 1.74. The molecule has 1 aromatic carbocycles. The maximum atomic E-state index is 9.83. The van der Waals surface area contributed by atoms with Crippen molar-refractivity contribution in [1.82, 2.24) is 14.9 Å². The van der Waals surface area contributed by atoms with Crippen LogP contribution in [0.4, 0.5) is 0 Å². The van der Waals surface area contributed by atoms with Gasteiger partial charge in [0.2, 0.25) is 5.75 Å². The molecule has 0 bridgehead atoms. The number of hydrogen-bond donors (Lipinski definition) is 1. The molecule has 7 nitrogen and oxygen atoms in total. The average Bonchev–Trinajstić information content (AvgIpc) is 2.77. The van der Waals surface area contributed by atoms with E-state index in [9.17, 15) is 5.11 Å². The van der Waals surface area contributed by atoms with Gasteiger partial charge >= 0.3 is 0 Å². The Labute approximate surface area is 116 Å². The minimum atomic E-state index is -0.0381. The molecule has 2 rings (SSSR count). The highest BCUT2D eigenvalue weighted by Crippen LogP contribution is 2.36. The molecule has 0 spiro atoms. The number of hydrogen-bond acceptors (Lipinski definition) is 6. The summed E-state index contributed by atoms with van der Waals surface area (Å²) in [6.07, 6.45) is 1.62. The van der Waals surface area contributed by atoms with Crippen molar-refractivity contribution in [3.63, 3.8) is 0 Å². The Kier molecular flexibility index (Phi) is 3.88. The van der Waals surface area contributed by atoms with E-state index in [4.69, 9.17) is 9.47 Å². The van der Waals surface area contributed by atoms with Crippen LogP contribution in [-0.4, -0.2) is 40.4 Å². The Hall–Kier alpha value is -2.57. The molecule has 0 aliphatic rings. The second-order valence-corrected chi connectivity index (χ2v) is 4.12. The molecule has 0 unspecified atom stereocenters. The van der Waals surface area contributed by atoms with E-state index in [1.807, 2.05) is 13.8 Å². The summed E-state index contributed by atoms with van der Waals surface area (Å²) < 4.78 is 11.8. The molecule has 106 valence electrons. The standard InChI is InChI=1S/C13H16N4O3/c1-8-15-16-9(2)17(8)14-7-10-5-11(19-3)13(18)12(6-10)20-4/h5-7,18H,1-4H3/b14-7+. The van der Waals surface area contributed by atoms with Crippen LogP contribution in [0.3, 0.4) is 0 Å². The first-order valence-electron chi connectivity index (χ1n) is 5.94. The molecular formula is C13H16N4O3. The number of phenolic OH excluding ortho intramolecular Hbond substituents is 1. The molecule has 0 saturated heterocycles. The summed E-state index contributed by atoms with van der Waals surface area (Å²) in [6, 6.07) is 3.33. The molecule has 0 radical (unpaired) electrons. The molecule has 0 amide bonds. The lowest BCUT2D eigenvalue weighted by atomic mass is 10.2. The monoisotopic (exact) mass is 276 g/mol. The highest BCUT2D eigenvalue weighted by Gasteiger charge is 2.10. The van der Waals surface area contributed by atoms with Crippen molar-refractivity contribution in [2.24, 2.45) is 5.10 Å². The number of methoxy groups -OCH3 is 2. The van der Waals surface area contributed by atoms with Gasteiger partial charge in [-0.15, -0.1) is 10.2 Å². The summed E-state index contributed by atoms with van der Waals surface area (Å²) in [5.74, 6) is 1.99. The van der Waals surface area contributed by atoms with Crippen LogP contribution in [0.1, 0.15) is 17.2 Å². The van der Waals surface area contributed by atoms with Gasteiger partial charge in [-0.25, -0.2) is 4.68 Å². The van der Waals surface area contributed by atoms with Crippen LogP contribution < -0.4 is 9.47 Å². The SMILES string of the molecule is COc1cc(/C=N/n2c(C)nnc2C)cc(OC)c1O. The third-order valence-electron chi connectivity index (χ3n) is 2.78. The summed E-state index contributed by atoms with van der Waals surface area (Å²) in [5.41, 5.74) is 0.726. The average molecular weight is 276 g/mol. The van der Waals surface area contributed by atoms with Crippen molar-refractivity contribution in [2.45, 2.75) is 13.8 Å². The summed E-state index contributed by atoms with van der Waals surface area (Å²) in [7, 11) is 2.95. The van der Waals surface area contributed by atoms with E-state index in [-0.39, 0.29) is 5.75 Å². The van der Waals surface area contributed by atoms with E-state index < -0.39 is 0 Å². The minimum Gasteiger partial charge on any atom is -0.502 e. The largest absolute Gasteiger partial charge is 0.502 e. The second kappa shape index (κ2) is 5.60. The van der Waals surface area contributed by atoms with Crippen LogP contribution >= 0.6 is 0 Å². The third kappa shape index (κ3) is 2.56. The maximum Gasteiger partial charge on any atom is 0.200 e. The van der Waals surface area contributed by atoms with Crippen molar-refractivity contribution in [1.29, 1.82) is 0 Å². The van der Waals surface area contributed by atoms with Crippen molar-refractivity contribution in [3.8, 4) is 17.2 Å². The van der Waals surface area contributed by atoms with E-state index >= 15 is 0 Å². The Morgan fingerprint density at radius 1 is 1.10 bits per heavy atom. The summed E-state index contributed by atoms with van der Waals surface area (Å²) in [4.78, 5) is 0. The van der Waals surface area contributed by atoms with Gasteiger partial charge in [-0.3, -0.25) is 0 Å². The highest BCUT2D eigenvalue weighted by atomic mass is 16.5. The molecule has 0 atom stereocenters. The quantitative estimate of drug-likeness (QED) is 0.856. The van der Waals surface area contributed by atoms with Crippen molar-refractivity contribution in [3.05, 3.63) is 29.3 Å². The first kappa shape index (κ1) is 13.9. The lowest BCUT2D eigenvalue weighted by Gasteiger charge is -2.09. The van der Waals surface area contributed by atoms with Gasteiger partial charge in [0.25, 0.3) is 0 Å². The highest BCUT2D eigenvalue weighted by molar-refractivity contribution is 5.82. The predicted molar refractivity (Wildman–Crippen MR) is 73.7 cm³/mol. The molecule has 2 aromatic rings. The van der Waals surface area contributed by atoms with Crippen molar-refractivity contribution < 1.29 is 14.6 Å². The zero-order valence-electron chi connectivity index (χ0n) is 11.8. The van der Waals surface area contributed by atoms with E-state index in [1.165, 1.54) is 14.2 Å². The first-order valence-corrected chi connectivity index (χ1v) is 5.94. The summed E-state index contributed by atoms with van der Waals surface area (Å²) in [6.45, 7) is 3.63. The number of aromatic nitrogens is 3. The van der Waals surface area contributed by atoms with Gasteiger partial charge in [0, 0.05) is 5.56 Å². The van der Waals surface area contributed by atoms with Crippen LogP contribution in [0, 0.1) is 13.8 Å². The first-order chi connectivity index (χ1) is 9.56. The number of aromatic hydroxyl groups is 1. The topological polar surface area (TPSA) is 81.8 Å². The predicted octanol–water partition coefficient (Wildman–Crippen LogP) is 1.50. The van der Waals surface area contributed by atoms with Gasteiger partial charge in [0.1, 0.15) is 0 Å². The summed E-state index contributed by atoms with van der Waals surface area (Å²) >= 11 is 0. The number of ether oxygens (including phenoxy) is 2. The van der Waals surface area contributed by atoms with Gasteiger partial charge in [-0.05, 0) is 26.0 Å². The molecular weight excluding hydrogens is 260 g/mol. The normalized spacial score (nSPS) is 11.0. The van der Waals surface area contributed by atoms with E-state index in [1.54, 1.807) is 23.0 Å². The molecule has 1 aromatic heterocycles. The fourth-order valence-corrected chi connectivity index (χ4v) is 1.74. The number of aryl methyl sites for hydroxylation is 2. The van der Waals surface area contributed by atoms with E-state index in [0.29, 0.717) is 23.1 Å². The van der Waals surface area contributed by atoms with Gasteiger partial charge < -0.3 is 14.6 Å². The maximum absolute atomic E-state index is 9.83. The lowest BCUT2D eigenvalue weighted by Crippen LogP contribution is -1.97. The zero-order valence-corrected chi connectivity index (χ0v) is 11.8. The number of phenols is 1. The summed E-state index contributed by atoms with van der Waals surface area (Å²) in [5, 5.41) is 22.0. The van der Waals surface area contributed by atoms with Crippen LogP contribution in [0.5, 0.6) is 17.2 Å². The molecule has 0 saturated carbocycles. The second-order valence-electron chi connectivity index (χ2n) is 4.12. The molecule has 1 N–H and O–H groups in total. The lowest BCUT2D eigenvalue weighted by molar-refractivity contribution is 0.340. The van der Waals surface area contributed by atoms with Crippen LogP contribution in [-0.2, 0) is 0 Å². The zero-order chi connectivity index (χ0) is 14.7. The Morgan fingerprint density at radius 2 is 1.60 bits per heavy atom. The van der Waals surface area contributed by atoms with Crippen LogP contribution in [0.2, 0.25) is 0 Å². The van der Waals surface area contributed by atoms with E-state index in [2.05, 4.69) is 15.3 Å². The molecule has 1 heterocycles. The molecule has 0 aliphatic carbocycles. The molecule has 20 heavy (non-hydrogen) atoms.